The van der Waals surface area contributed by atoms with Crippen molar-refractivity contribution in [3.63, 3.8) is 0 Å². The highest BCUT2D eigenvalue weighted by molar-refractivity contribution is 5.96. The van der Waals surface area contributed by atoms with Crippen molar-refractivity contribution >= 4 is 11.9 Å². The molecule has 0 saturated heterocycles. The maximum Gasteiger partial charge on any atom is 0.321 e. The van der Waals surface area contributed by atoms with Gasteiger partial charge in [-0.25, -0.2) is 4.79 Å². The summed E-state index contributed by atoms with van der Waals surface area (Å²) in [4.78, 5) is 22.9. The van der Waals surface area contributed by atoms with Crippen molar-refractivity contribution in [2.24, 2.45) is 0 Å². The summed E-state index contributed by atoms with van der Waals surface area (Å²) >= 11 is 0. The number of ether oxygens (including phenoxy) is 1. The first kappa shape index (κ1) is 16.0. The fraction of sp³-hybridized carbons (Fsp3) is 0.467. The van der Waals surface area contributed by atoms with Crippen LogP contribution in [0.1, 0.15) is 39.2 Å². The molecule has 1 aromatic rings. The molecular weight excluding hydrogens is 256 g/mol. The third-order valence-corrected chi connectivity index (χ3v) is 2.80. The van der Waals surface area contributed by atoms with Crippen LogP contribution < -0.4 is 15.4 Å². The molecule has 0 saturated carbocycles. The topological polar surface area (TPSA) is 67.4 Å². The third kappa shape index (κ3) is 4.91. The first-order valence-corrected chi connectivity index (χ1v) is 6.79. The average Bonchev–Trinajstić information content (AvgIpc) is 2.39. The van der Waals surface area contributed by atoms with Crippen molar-refractivity contribution < 1.29 is 14.3 Å². The van der Waals surface area contributed by atoms with E-state index < -0.39 is 18.0 Å². The molecule has 110 valence electrons. The third-order valence-electron chi connectivity index (χ3n) is 2.80. The Morgan fingerprint density at radius 2 is 1.75 bits per heavy atom. The van der Waals surface area contributed by atoms with Gasteiger partial charge in [0, 0.05) is 6.54 Å². The zero-order valence-electron chi connectivity index (χ0n) is 12.4. The lowest BCUT2D eigenvalue weighted by Crippen LogP contribution is -2.45. The molecule has 0 spiro atoms. The average molecular weight is 278 g/mol. The van der Waals surface area contributed by atoms with E-state index in [1.165, 1.54) is 5.56 Å². The molecule has 1 rings (SSSR count). The Kier molecular flexibility index (Phi) is 6.03. The van der Waals surface area contributed by atoms with Crippen LogP contribution in [0.3, 0.4) is 0 Å². The molecule has 0 aliphatic heterocycles. The SMILES string of the molecule is CCNC(=O)NC(=O)C(C)Oc1ccc(C(C)C)cc1. The first-order valence-electron chi connectivity index (χ1n) is 6.79. The minimum absolute atomic E-state index is 0.447. The molecule has 1 atom stereocenters. The Balaban J connectivity index is 2.54. The number of urea groups is 1. The number of imide groups is 1. The standard InChI is InChI=1S/C15H22N2O3/c1-5-16-15(19)17-14(18)11(4)20-13-8-6-12(7-9-13)10(2)3/h6-11H,5H2,1-4H3,(H2,16,17,18,19). The molecule has 0 fully saturated rings. The maximum absolute atomic E-state index is 11.7. The fourth-order valence-corrected chi connectivity index (χ4v) is 1.61. The highest BCUT2D eigenvalue weighted by Crippen LogP contribution is 2.19. The van der Waals surface area contributed by atoms with Gasteiger partial charge in [-0.15, -0.1) is 0 Å². The second-order valence-corrected chi connectivity index (χ2v) is 4.83. The van der Waals surface area contributed by atoms with Crippen molar-refractivity contribution in [3.8, 4) is 5.75 Å². The summed E-state index contributed by atoms with van der Waals surface area (Å²) < 4.78 is 5.50. The van der Waals surface area contributed by atoms with Gasteiger partial charge in [0.15, 0.2) is 6.10 Å². The Morgan fingerprint density at radius 1 is 1.15 bits per heavy atom. The number of amides is 3. The molecule has 5 nitrogen and oxygen atoms in total. The van der Waals surface area contributed by atoms with E-state index >= 15 is 0 Å². The molecule has 0 aliphatic rings. The quantitative estimate of drug-likeness (QED) is 0.869. The molecule has 0 aromatic heterocycles. The predicted molar refractivity (Wildman–Crippen MR) is 77.8 cm³/mol. The minimum Gasteiger partial charge on any atom is -0.481 e. The summed E-state index contributed by atoms with van der Waals surface area (Å²) in [5, 5.41) is 4.71. The van der Waals surface area contributed by atoms with Crippen LogP contribution in [-0.2, 0) is 4.79 Å². The van der Waals surface area contributed by atoms with Gasteiger partial charge in [-0.3, -0.25) is 10.1 Å². The molecule has 0 bridgehead atoms. The van der Waals surface area contributed by atoms with Gasteiger partial charge < -0.3 is 10.1 Å². The molecule has 5 heteroatoms. The highest BCUT2D eigenvalue weighted by Gasteiger charge is 2.17. The monoisotopic (exact) mass is 278 g/mol. The summed E-state index contributed by atoms with van der Waals surface area (Å²) in [5.41, 5.74) is 1.21. The normalized spacial score (nSPS) is 11.8. The van der Waals surface area contributed by atoms with Crippen LogP contribution in [0.4, 0.5) is 4.79 Å². The maximum atomic E-state index is 11.7. The van der Waals surface area contributed by atoms with E-state index in [2.05, 4.69) is 24.5 Å². The Labute approximate surface area is 119 Å². The van der Waals surface area contributed by atoms with Gasteiger partial charge >= 0.3 is 6.03 Å². The summed E-state index contributed by atoms with van der Waals surface area (Å²) in [6.07, 6.45) is -0.734. The van der Waals surface area contributed by atoms with Crippen LogP contribution in [0.2, 0.25) is 0 Å². The van der Waals surface area contributed by atoms with Crippen LogP contribution in [0, 0.1) is 0 Å². The number of hydrogen-bond donors (Lipinski definition) is 2. The van der Waals surface area contributed by atoms with Gasteiger partial charge in [0.2, 0.25) is 0 Å². The largest absolute Gasteiger partial charge is 0.481 e. The second kappa shape index (κ2) is 7.53. The van der Waals surface area contributed by atoms with Crippen molar-refractivity contribution in [2.75, 3.05) is 6.54 Å². The van der Waals surface area contributed by atoms with Gasteiger partial charge in [-0.1, -0.05) is 26.0 Å². The Bertz CT molecular complexity index is 455. The summed E-state index contributed by atoms with van der Waals surface area (Å²) in [7, 11) is 0. The highest BCUT2D eigenvalue weighted by atomic mass is 16.5. The number of rotatable bonds is 5. The lowest BCUT2D eigenvalue weighted by Gasteiger charge is -2.15. The molecule has 2 N–H and O–H groups in total. The van der Waals surface area contributed by atoms with Gasteiger partial charge in [0.25, 0.3) is 5.91 Å². The van der Waals surface area contributed by atoms with E-state index in [1.807, 2.05) is 24.3 Å². The fourth-order valence-electron chi connectivity index (χ4n) is 1.61. The van der Waals surface area contributed by atoms with Crippen molar-refractivity contribution in [3.05, 3.63) is 29.8 Å². The number of hydrogen-bond acceptors (Lipinski definition) is 3. The van der Waals surface area contributed by atoms with E-state index in [0.29, 0.717) is 18.2 Å². The van der Waals surface area contributed by atoms with Crippen molar-refractivity contribution in [1.82, 2.24) is 10.6 Å². The molecule has 1 aromatic carbocycles. The molecule has 0 radical (unpaired) electrons. The van der Waals surface area contributed by atoms with Crippen LogP contribution >= 0.6 is 0 Å². The van der Waals surface area contributed by atoms with E-state index in [0.717, 1.165) is 0 Å². The van der Waals surface area contributed by atoms with E-state index in [1.54, 1.807) is 13.8 Å². The van der Waals surface area contributed by atoms with Crippen molar-refractivity contribution in [1.29, 1.82) is 0 Å². The van der Waals surface area contributed by atoms with E-state index in [-0.39, 0.29) is 0 Å². The number of nitrogens with one attached hydrogen (secondary N) is 2. The molecular formula is C15H22N2O3. The molecule has 0 aliphatic carbocycles. The van der Waals surface area contributed by atoms with E-state index in [4.69, 9.17) is 4.74 Å². The predicted octanol–water partition coefficient (Wildman–Crippen LogP) is 2.42. The van der Waals surface area contributed by atoms with Crippen LogP contribution in [0.25, 0.3) is 0 Å². The zero-order valence-corrected chi connectivity index (χ0v) is 12.4. The van der Waals surface area contributed by atoms with Crippen LogP contribution in [-0.4, -0.2) is 24.6 Å². The zero-order chi connectivity index (χ0) is 15.1. The lowest BCUT2D eigenvalue weighted by atomic mass is 10.0. The molecule has 3 amide bonds. The van der Waals surface area contributed by atoms with Gasteiger partial charge in [-0.05, 0) is 37.5 Å². The lowest BCUT2D eigenvalue weighted by molar-refractivity contribution is -0.126. The minimum atomic E-state index is -0.734. The van der Waals surface area contributed by atoms with Crippen LogP contribution in [0.15, 0.2) is 24.3 Å². The van der Waals surface area contributed by atoms with E-state index in [9.17, 15) is 9.59 Å². The number of carbonyl (C=O) groups excluding carboxylic acids is 2. The Hall–Kier alpha value is -2.04. The molecule has 1 unspecified atom stereocenters. The van der Waals surface area contributed by atoms with Gasteiger partial charge in [0.1, 0.15) is 5.75 Å². The van der Waals surface area contributed by atoms with Gasteiger partial charge in [-0.2, -0.15) is 0 Å². The van der Waals surface area contributed by atoms with Gasteiger partial charge in [0.05, 0.1) is 0 Å². The summed E-state index contributed by atoms with van der Waals surface area (Å²) in [5.74, 6) is 0.583. The van der Waals surface area contributed by atoms with Crippen molar-refractivity contribution in [2.45, 2.75) is 39.7 Å². The number of carbonyl (C=O) groups is 2. The summed E-state index contributed by atoms with van der Waals surface area (Å²) in [6, 6.07) is 7.07. The molecule has 0 heterocycles. The Morgan fingerprint density at radius 3 is 2.25 bits per heavy atom. The molecule has 20 heavy (non-hydrogen) atoms. The smallest absolute Gasteiger partial charge is 0.321 e. The number of benzene rings is 1. The van der Waals surface area contributed by atoms with Crippen LogP contribution in [0.5, 0.6) is 5.75 Å². The first-order chi connectivity index (χ1) is 9.43. The second-order valence-electron chi connectivity index (χ2n) is 4.83. The summed E-state index contributed by atoms with van der Waals surface area (Å²) in [6.45, 7) is 8.06.